The molecule has 1 aliphatic heterocycles. The van der Waals surface area contributed by atoms with Gasteiger partial charge in [0.2, 0.25) is 5.95 Å². The van der Waals surface area contributed by atoms with Crippen LogP contribution in [0.1, 0.15) is 31.3 Å². The van der Waals surface area contributed by atoms with Crippen LogP contribution in [-0.4, -0.2) is 54.7 Å². The zero-order valence-corrected chi connectivity index (χ0v) is 16.8. The fourth-order valence-electron chi connectivity index (χ4n) is 3.61. The fraction of sp³-hybridized carbons (Fsp3) is 0.429. The van der Waals surface area contributed by atoms with Crippen LogP contribution in [0.3, 0.4) is 0 Å². The maximum absolute atomic E-state index is 10.5. The van der Waals surface area contributed by atoms with Gasteiger partial charge in [0.05, 0.1) is 12.4 Å². The van der Waals surface area contributed by atoms with Crippen molar-refractivity contribution in [1.82, 2.24) is 30.3 Å². The second kappa shape index (κ2) is 7.44. The van der Waals surface area contributed by atoms with Crippen molar-refractivity contribution in [3.8, 4) is 28.1 Å². The molecule has 4 rings (SSSR count). The molecule has 0 amide bonds. The normalized spacial score (nSPS) is 19.1. The van der Waals surface area contributed by atoms with Gasteiger partial charge in [-0.15, -0.1) is 10.2 Å². The van der Waals surface area contributed by atoms with Crippen LogP contribution in [0.5, 0.6) is 5.75 Å². The smallest absolute Gasteiger partial charge is 0.245 e. The Morgan fingerprint density at radius 1 is 1.21 bits per heavy atom. The molecule has 3 heterocycles. The van der Waals surface area contributed by atoms with Crippen molar-refractivity contribution in [2.75, 3.05) is 18.0 Å². The highest BCUT2D eigenvalue weighted by Gasteiger charge is 2.27. The van der Waals surface area contributed by atoms with Crippen LogP contribution in [0.2, 0.25) is 0 Å². The standard InChI is InChI=1S/C21H27N7O/c1-21(2,3)24-16-7-8-28(13-16)20-22-11-18(25-26-20)17-6-5-14(9-19(17)29)15-10-23-27(4)12-15/h5-6,9-12,16,24,29H,7-8,13H2,1-4H3/i4D3. The van der Waals surface area contributed by atoms with Crippen molar-refractivity contribution in [3.05, 3.63) is 36.8 Å². The number of rotatable bonds is 4. The number of anilines is 1. The number of aromatic hydroxyl groups is 1. The number of nitrogens with zero attached hydrogens (tertiary/aromatic N) is 6. The van der Waals surface area contributed by atoms with Gasteiger partial charge in [-0.2, -0.15) is 5.10 Å². The minimum Gasteiger partial charge on any atom is -0.507 e. The number of phenolic OH excluding ortho intramolecular Hbond substituents is 1. The highest BCUT2D eigenvalue weighted by molar-refractivity contribution is 5.73. The first-order valence-electron chi connectivity index (χ1n) is 11.1. The minimum atomic E-state index is -2.35. The van der Waals surface area contributed by atoms with E-state index in [0.717, 1.165) is 24.2 Å². The summed E-state index contributed by atoms with van der Waals surface area (Å²) in [4.78, 5) is 6.56. The van der Waals surface area contributed by atoms with Gasteiger partial charge in [0.15, 0.2) is 0 Å². The van der Waals surface area contributed by atoms with Crippen LogP contribution >= 0.6 is 0 Å². The first-order valence-corrected chi connectivity index (χ1v) is 9.61. The Balaban J connectivity index is 1.48. The van der Waals surface area contributed by atoms with Gasteiger partial charge in [-0.1, -0.05) is 6.07 Å². The summed E-state index contributed by atoms with van der Waals surface area (Å²) >= 11 is 0. The first kappa shape index (κ1) is 15.9. The Morgan fingerprint density at radius 3 is 2.72 bits per heavy atom. The molecule has 0 aliphatic carbocycles. The third-order valence-electron chi connectivity index (χ3n) is 4.85. The maximum Gasteiger partial charge on any atom is 0.245 e. The molecule has 0 radical (unpaired) electrons. The number of hydrogen-bond acceptors (Lipinski definition) is 7. The summed E-state index contributed by atoms with van der Waals surface area (Å²) in [5.74, 6) is 0.573. The van der Waals surface area contributed by atoms with Crippen LogP contribution in [-0.2, 0) is 6.98 Å². The average Bonchev–Trinajstić information content (AvgIpc) is 3.36. The van der Waals surface area contributed by atoms with Crippen molar-refractivity contribution in [2.45, 2.75) is 38.8 Å². The summed E-state index contributed by atoms with van der Waals surface area (Å²) in [6.45, 7) is 5.79. The number of aryl methyl sites for hydroxylation is 1. The SMILES string of the molecule is [2H]C([2H])([2H])n1cc(-c2ccc(-c3cnc(N4CCC(NC(C)(C)C)C4)nn3)c(O)c2)cn1. The molecule has 3 aromatic rings. The lowest BCUT2D eigenvalue weighted by molar-refractivity contribution is 0.373. The van der Waals surface area contributed by atoms with Gasteiger partial charge < -0.3 is 15.3 Å². The molecule has 1 unspecified atom stereocenters. The molecule has 2 aromatic heterocycles. The number of aromatic nitrogens is 5. The molecule has 152 valence electrons. The average molecular weight is 397 g/mol. The largest absolute Gasteiger partial charge is 0.507 e. The quantitative estimate of drug-likeness (QED) is 0.700. The zero-order valence-electron chi connectivity index (χ0n) is 19.8. The fourth-order valence-corrected chi connectivity index (χ4v) is 3.61. The molecule has 1 saturated heterocycles. The molecule has 0 bridgehead atoms. The van der Waals surface area contributed by atoms with Gasteiger partial charge in [0.1, 0.15) is 11.4 Å². The van der Waals surface area contributed by atoms with E-state index in [1.807, 2.05) is 0 Å². The second-order valence-electron chi connectivity index (χ2n) is 8.37. The number of nitrogens with one attached hydrogen (secondary N) is 1. The lowest BCUT2D eigenvalue weighted by atomic mass is 10.0. The monoisotopic (exact) mass is 396 g/mol. The Hall–Kier alpha value is -3.00. The maximum atomic E-state index is 10.5. The molecule has 1 aromatic carbocycles. The van der Waals surface area contributed by atoms with Crippen LogP contribution < -0.4 is 10.2 Å². The Labute approximate surface area is 174 Å². The molecule has 8 nitrogen and oxygen atoms in total. The predicted octanol–water partition coefficient (Wildman–Crippen LogP) is 2.61. The van der Waals surface area contributed by atoms with Gasteiger partial charge in [0.25, 0.3) is 0 Å². The van der Waals surface area contributed by atoms with Gasteiger partial charge in [-0.3, -0.25) is 4.68 Å². The first-order chi connectivity index (χ1) is 15.0. The van der Waals surface area contributed by atoms with Crippen LogP contribution in [0.4, 0.5) is 5.95 Å². The van der Waals surface area contributed by atoms with Crippen molar-refractivity contribution >= 4 is 5.95 Å². The van der Waals surface area contributed by atoms with Gasteiger partial charge in [-0.25, -0.2) is 4.98 Å². The molecule has 1 atom stereocenters. The Kier molecular flexibility index (Phi) is 4.07. The molecule has 2 N–H and O–H groups in total. The lowest BCUT2D eigenvalue weighted by Crippen LogP contribution is -2.45. The molecule has 29 heavy (non-hydrogen) atoms. The third kappa shape index (κ3) is 4.37. The summed E-state index contributed by atoms with van der Waals surface area (Å²) < 4.78 is 23.2. The Bertz CT molecular complexity index is 1090. The van der Waals surface area contributed by atoms with Crippen LogP contribution in [0, 0.1) is 0 Å². The van der Waals surface area contributed by atoms with E-state index in [0.29, 0.717) is 34.4 Å². The van der Waals surface area contributed by atoms with E-state index < -0.39 is 6.98 Å². The minimum absolute atomic E-state index is 0.00333. The number of hydrogen-bond donors (Lipinski definition) is 2. The molecule has 1 fully saturated rings. The third-order valence-corrected chi connectivity index (χ3v) is 4.85. The van der Waals surface area contributed by atoms with Gasteiger partial charge in [0, 0.05) is 53.1 Å². The summed E-state index contributed by atoms with van der Waals surface area (Å²) in [5.41, 5.74) is 2.25. The summed E-state index contributed by atoms with van der Waals surface area (Å²) in [7, 11) is 0. The van der Waals surface area contributed by atoms with E-state index in [-0.39, 0.29) is 11.3 Å². The highest BCUT2D eigenvalue weighted by atomic mass is 16.3. The van der Waals surface area contributed by atoms with E-state index in [1.54, 1.807) is 24.4 Å². The van der Waals surface area contributed by atoms with E-state index >= 15 is 0 Å². The summed E-state index contributed by atoms with van der Waals surface area (Å²) in [6, 6.07) is 5.41. The molecule has 0 saturated carbocycles. The topological polar surface area (TPSA) is 92.0 Å². The van der Waals surface area contributed by atoms with Crippen molar-refractivity contribution in [1.29, 1.82) is 0 Å². The molecular weight excluding hydrogens is 366 g/mol. The van der Waals surface area contributed by atoms with Gasteiger partial charge >= 0.3 is 0 Å². The number of phenols is 1. The number of benzene rings is 1. The van der Waals surface area contributed by atoms with E-state index in [9.17, 15) is 5.11 Å². The summed E-state index contributed by atoms with van der Waals surface area (Å²) in [6.07, 6.45) is 5.50. The Morgan fingerprint density at radius 2 is 2.07 bits per heavy atom. The van der Waals surface area contributed by atoms with Crippen LogP contribution in [0.15, 0.2) is 36.8 Å². The van der Waals surface area contributed by atoms with E-state index in [1.165, 1.54) is 12.4 Å². The lowest BCUT2D eigenvalue weighted by Gasteiger charge is -2.25. The summed E-state index contributed by atoms with van der Waals surface area (Å²) in [5, 5.41) is 26.6. The van der Waals surface area contributed by atoms with E-state index in [4.69, 9.17) is 4.11 Å². The van der Waals surface area contributed by atoms with Crippen molar-refractivity contribution in [3.63, 3.8) is 0 Å². The highest BCUT2D eigenvalue weighted by Crippen LogP contribution is 2.32. The molecule has 1 aliphatic rings. The van der Waals surface area contributed by atoms with Crippen molar-refractivity contribution < 1.29 is 9.22 Å². The molecule has 8 heteroatoms. The van der Waals surface area contributed by atoms with Gasteiger partial charge in [-0.05, 0) is 44.9 Å². The predicted molar refractivity (Wildman–Crippen MR) is 113 cm³/mol. The second-order valence-corrected chi connectivity index (χ2v) is 8.37. The van der Waals surface area contributed by atoms with Crippen molar-refractivity contribution in [2.24, 2.45) is 6.98 Å². The molecule has 0 spiro atoms. The van der Waals surface area contributed by atoms with E-state index in [2.05, 4.69) is 51.3 Å². The molecular formula is C21H27N7O. The van der Waals surface area contributed by atoms with Crippen LogP contribution in [0.25, 0.3) is 22.4 Å². The zero-order chi connectivity index (χ0) is 23.1.